The summed E-state index contributed by atoms with van der Waals surface area (Å²) in [5.74, 6) is 0.529. The van der Waals surface area contributed by atoms with Crippen molar-refractivity contribution in [1.29, 1.82) is 0 Å². The summed E-state index contributed by atoms with van der Waals surface area (Å²) in [6.07, 6.45) is 4.14. The lowest BCUT2D eigenvalue weighted by Gasteiger charge is -2.20. The molecule has 0 saturated carbocycles. The normalized spacial score (nSPS) is 13.9. The summed E-state index contributed by atoms with van der Waals surface area (Å²) in [6.45, 7) is 1.70. The van der Waals surface area contributed by atoms with Gasteiger partial charge in [-0.15, -0.1) is 11.8 Å². The number of carbonyl (C=O) groups excluding carboxylic acids is 1. The molecule has 0 aliphatic carbocycles. The molecule has 1 heterocycles. The van der Waals surface area contributed by atoms with E-state index in [1.54, 1.807) is 24.9 Å². The smallest absolute Gasteiger partial charge is 0.325 e. The van der Waals surface area contributed by atoms with Crippen LogP contribution < -0.4 is 5.73 Å². The zero-order valence-corrected chi connectivity index (χ0v) is 12.8. The molecule has 1 aromatic rings. The number of rotatable bonds is 7. The highest BCUT2D eigenvalue weighted by molar-refractivity contribution is 7.99. The predicted molar refractivity (Wildman–Crippen MR) is 78.4 cm³/mol. The fraction of sp³-hybridized carbons (Fsp3) is 0.538. The van der Waals surface area contributed by atoms with Gasteiger partial charge in [0, 0.05) is 6.20 Å². The summed E-state index contributed by atoms with van der Waals surface area (Å²) < 4.78 is 4.66. The van der Waals surface area contributed by atoms with Crippen LogP contribution in [0.15, 0.2) is 23.4 Å². The maximum atomic E-state index is 11.4. The van der Waals surface area contributed by atoms with E-state index in [1.165, 1.54) is 7.11 Å². The van der Waals surface area contributed by atoms with Gasteiger partial charge in [-0.1, -0.05) is 18.0 Å². The minimum atomic E-state index is -0.901. The third-order valence-corrected chi connectivity index (χ3v) is 4.21. The van der Waals surface area contributed by atoms with Crippen LogP contribution in [0.1, 0.15) is 26.2 Å². The van der Waals surface area contributed by atoms with E-state index in [9.17, 15) is 4.79 Å². The Morgan fingerprint density at radius 1 is 1.58 bits per heavy atom. The molecule has 0 aromatic carbocycles. The van der Waals surface area contributed by atoms with Crippen LogP contribution in [0.25, 0.3) is 0 Å². The van der Waals surface area contributed by atoms with Gasteiger partial charge >= 0.3 is 5.97 Å². The monoisotopic (exact) mass is 302 g/mol. The van der Waals surface area contributed by atoms with Crippen molar-refractivity contribution in [2.24, 2.45) is 5.73 Å². The van der Waals surface area contributed by atoms with Crippen molar-refractivity contribution in [3.63, 3.8) is 0 Å². The number of thioether (sulfide) groups is 1. The van der Waals surface area contributed by atoms with Gasteiger partial charge < -0.3 is 10.5 Å². The zero-order valence-electron chi connectivity index (χ0n) is 11.2. The number of methoxy groups -OCH3 is 1. The molecule has 1 atom stereocenters. The molecule has 6 heteroatoms. The second kappa shape index (κ2) is 7.72. The number of halogens is 1. The van der Waals surface area contributed by atoms with E-state index in [0.29, 0.717) is 11.4 Å². The second-order valence-corrected chi connectivity index (χ2v) is 6.00. The Morgan fingerprint density at radius 2 is 2.32 bits per heavy atom. The molecule has 0 spiro atoms. The molecule has 0 aliphatic heterocycles. The van der Waals surface area contributed by atoms with E-state index in [1.807, 2.05) is 12.1 Å². The van der Waals surface area contributed by atoms with E-state index in [0.717, 1.165) is 23.6 Å². The fourth-order valence-electron chi connectivity index (χ4n) is 1.58. The molecule has 106 valence electrons. The highest BCUT2D eigenvalue weighted by Gasteiger charge is 2.28. The van der Waals surface area contributed by atoms with E-state index < -0.39 is 5.54 Å². The Bertz CT molecular complexity index is 427. The minimum Gasteiger partial charge on any atom is -0.468 e. The van der Waals surface area contributed by atoms with Crippen LogP contribution in [0.2, 0.25) is 5.02 Å². The average molecular weight is 303 g/mol. The lowest BCUT2D eigenvalue weighted by molar-refractivity contribution is -0.146. The molecule has 4 nitrogen and oxygen atoms in total. The third kappa shape index (κ3) is 5.38. The Hall–Kier alpha value is -0.780. The maximum Gasteiger partial charge on any atom is 0.325 e. The number of aromatic nitrogens is 1. The quantitative estimate of drug-likeness (QED) is 0.476. The minimum absolute atomic E-state index is 0.368. The van der Waals surface area contributed by atoms with E-state index >= 15 is 0 Å². The Labute approximate surface area is 123 Å². The SMILES string of the molecule is COC(=O)C(C)(N)CCCCSc1ncccc1Cl. The first-order valence-electron chi connectivity index (χ1n) is 6.08. The highest BCUT2D eigenvalue weighted by atomic mass is 35.5. The molecule has 0 amide bonds. The number of nitrogens with zero attached hydrogens (tertiary/aromatic N) is 1. The van der Waals surface area contributed by atoms with Gasteiger partial charge in [-0.3, -0.25) is 4.79 Å². The van der Waals surface area contributed by atoms with Crippen LogP contribution in [0, 0.1) is 0 Å². The lowest BCUT2D eigenvalue weighted by Crippen LogP contribution is -2.45. The molecule has 0 saturated heterocycles. The van der Waals surface area contributed by atoms with Crippen molar-refractivity contribution in [2.45, 2.75) is 36.8 Å². The number of pyridine rings is 1. The molecule has 1 rings (SSSR count). The van der Waals surface area contributed by atoms with E-state index in [-0.39, 0.29) is 5.97 Å². The Kier molecular flexibility index (Phi) is 6.62. The number of nitrogens with two attached hydrogens (primary N) is 1. The number of esters is 1. The maximum absolute atomic E-state index is 11.4. The van der Waals surface area contributed by atoms with Gasteiger partial charge in [0.15, 0.2) is 0 Å². The summed E-state index contributed by atoms with van der Waals surface area (Å²) in [4.78, 5) is 15.6. The van der Waals surface area contributed by atoms with Gasteiger partial charge in [0.2, 0.25) is 0 Å². The largest absolute Gasteiger partial charge is 0.468 e. The van der Waals surface area contributed by atoms with Gasteiger partial charge in [-0.25, -0.2) is 4.98 Å². The van der Waals surface area contributed by atoms with Crippen LogP contribution in [-0.2, 0) is 9.53 Å². The fourth-order valence-corrected chi connectivity index (χ4v) is 2.74. The molecule has 0 radical (unpaired) electrons. The van der Waals surface area contributed by atoms with Crippen molar-refractivity contribution in [3.8, 4) is 0 Å². The second-order valence-electron chi connectivity index (χ2n) is 4.50. The first kappa shape index (κ1) is 16.3. The van der Waals surface area contributed by atoms with E-state index in [4.69, 9.17) is 17.3 Å². The van der Waals surface area contributed by atoms with Gasteiger partial charge in [-0.05, 0) is 37.7 Å². The highest BCUT2D eigenvalue weighted by Crippen LogP contribution is 2.25. The summed E-state index contributed by atoms with van der Waals surface area (Å²) >= 11 is 7.62. The van der Waals surface area contributed by atoms with Crippen molar-refractivity contribution in [3.05, 3.63) is 23.4 Å². The third-order valence-electron chi connectivity index (χ3n) is 2.71. The topological polar surface area (TPSA) is 65.2 Å². The number of carbonyl (C=O) groups is 1. The van der Waals surface area contributed by atoms with Crippen LogP contribution in [0.4, 0.5) is 0 Å². The van der Waals surface area contributed by atoms with Gasteiger partial charge in [0.1, 0.15) is 10.6 Å². The molecule has 0 fully saturated rings. The van der Waals surface area contributed by atoms with E-state index in [2.05, 4.69) is 9.72 Å². The molecular formula is C13H19ClN2O2S. The van der Waals surface area contributed by atoms with Crippen molar-refractivity contribution < 1.29 is 9.53 Å². The van der Waals surface area contributed by atoms with Crippen LogP contribution in [0.3, 0.4) is 0 Å². The van der Waals surface area contributed by atoms with Crippen LogP contribution >= 0.6 is 23.4 Å². The molecule has 0 bridgehead atoms. The zero-order chi connectivity index (χ0) is 14.3. The summed E-state index contributed by atoms with van der Waals surface area (Å²) in [5, 5.41) is 1.51. The number of hydrogen-bond acceptors (Lipinski definition) is 5. The molecule has 1 aromatic heterocycles. The van der Waals surface area contributed by atoms with Crippen LogP contribution in [-0.4, -0.2) is 29.4 Å². The number of unbranched alkanes of at least 4 members (excludes halogenated alkanes) is 1. The number of hydrogen-bond donors (Lipinski definition) is 1. The van der Waals surface area contributed by atoms with Crippen molar-refractivity contribution >= 4 is 29.3 Å². The summed E-state index contributed by atoms with van der Waals surface area (Å²) in [5.41, 5.74) is 4.97. The Morgan fingerprint density at radius 3 is 2.95 bits per heavy atom. The first-order valence-corrected chi connectivity index (χ1v) is 7.44. The standard InChI is InChI=1S/C13H19ClN2O2S/c1-13(15,12(17)18-2)7-3-4-9-19-11-10(14)6-5-8-16-11/h5-6,8H,3-4,7,9,15H2,1-2H3. The van der Waals surface area contributed by atoms with Crippen molar-refractivity contribution in [2.75, 3.05) is 12.9 Å². The van der Waals surface area contributed by atoms with Gasteiger partial charge in [0.05, 0.1) is 12.1 Å². The summed E-state index contributed by atoms with van der Waals surface area (Å²) in [7, 11) is 1.35. The van der Waals surface area contributed by atoms with Crippen molar-refractivity contribution in [1.82, 2.24) is 4.98 Å². The molecule has 1 unspecified atom stereocenters. The Balaban J connectivity index is 2.25. The average Bonchev–Trinajstić information content (AvgIpc) is 2.39. The lowest BCUT2D eigenvalue weighted by atomic mass is 9.97. The van der Waals surface area contributed by atoms with Gasteiger partial charge in [-0.2, -0.15) is 0 Å². The molecule has 19 heavy (non-hydrogen) atoms. The number of ether oxygens (including phenoxy) is 1. The summed E-state index contributed by atoms with van der Waals surface area (Å²) in [6, 6.07) is 3.63. The predicted octanol–water partition coefficient (Wildman–Crippen LogP) is 2.89. The van der Waals surface area contributed by atoms with Gasteiger partial charge in [0.25, 0.3) is 0 Å². The molecular weight excluding hydrogens is 284 g/mol. The molecule has 0 aliphatic rings. The molecule has 2 N–H and O–H groups in total. The van der Waals surface area contributed by atoms with Crippen LogP contribution in [0.5, 0.6) is 0 Å². The first-order chi connectivity index (χ1) is 8.97.